The maximum atomic E-state index is 11.3. The van der Waals surface area contributed by atoms with Gasteiger partial charge in [0.1, 0.15) is 11.2 Å². The third-order valence-corrected chi connectivity index (χ3v) is 3.92. The van der Waals surface area contributed by atoms with Crippen LogP contribution in [0.2, 0.25) is 0 Å². The Bertz CT molecular complexity index is 1000. The van der Waals surface area contributed by atoms with Crippen LogP contribution in [0.4, 0.5) is 0 Å². The molecule has 1 heterocycles. The van der Waals surface area contributed by atoms with E-state index in [0.29, 0.717) is 0 Å². The smallest absolute Gasteiger partial charge is 0.152 e. The molecule has 22 heavy (non-hydrogen) atoms. The first kappa shape index (κ1) is 12.8. The summed E-state index contributed by atoms with van der Waals surface area (Å²) in [4.78, 5) is 11.3. The molecule has 106 valence electrons. The average Bonchev–Trinajstić information content (AvgIpc) is 2.90. The van der Waals surface area contributed by atoms with Gasteiger partial charge in [0, 0.05) is 16.3 Å². The Kier molecular flexibility index (Phi) is 2.83. The van der Waals surface area contributed by atoms with E-state index in [1.54, 1.807) is 13.0 Å². The number of rotatable bonds is 2. The monoisotopic (exact) mass is 286 g/mol. The highest BCUT2D eigenvalue weighted by Crippen LogP contribution is 2.44. The second-order valence-electron chi connectivity index (χ2n) is 5.40. The Balaban J connectivity index is 2.18. The molecule has 0 saturated carbocycles. The number of fused-ring (bicyclic) bond motifs is 5. The van der Waals surface area contributed by atoms with E-state index in [0.717, 1.165) is 38.6 Å². The number of benzene rings is 1. The van der Waals surface area contributed by atoms with E-state index in [4.69, 9.17) is 4.42 Å². The number of allylic oxidation sites excluding steroid dienone is 1. The molecule has 1 aromatic heterocycles. The summed E-state index contributed by atoms with van der Waals surface area (Å²) >= 11 is 0. The van der Waals surface area contributed by atoms with Crippen molar-refractivity contribution in [1.82, 2.24) is 0 Å². The highest BCUT2D eigenvalue weighted by molar-refractivity contribution is 6.19. The number of furan rings is 1. The Morgan fingerprint density at radius 1 is 0.955 bits per heavy atom. The molecule has 0 fully saturated rings. The summed E-state index contributed by atoms with van der Waals surface area (Å²) in [7, 11) is 0. The van der Waals surface area contributed by atoms with Crippen LogP contribution in [0, 0.1) is 0 Å². The topological polar surface area (TPSA) is 30.2 Å². The van der Waals surface area contributed by atoms with Crippen molar-refractivity contribution < 1.29 is 9.21 Å². The van der Waals surface area contributed by atoms with Gasteiger partial charge in [-0.05, 0) is 36.3 Å². The SMILES string of the molecule is CC(=O)/C=C/c1c2cccccc-2c2c1oc1ccccc12. The Labute approximate surface area is 128 Å². The number of para-hydroxylation sites is 1. The van der Waals surface area contributed by atoms with Crippen LogP contribution in [-0.4, -0.2) is 5.78 Å². The number of carbonyl (C=O) groups is 1. The van der Waals surface area contributed by atoms with Crippen LogP contribution < -0.4 is 0 Å². The van der Waals surface area contributed by atoms with Crippen LogP contribution in [0.1, 0.15) is 12.5 Å². The molecule has 0 spiro atoms. The molecule has 0 aliphatic heterocycles. The van der Waals surface area contributed by atoms with Gasteiger partial charge in [0.05, 0.1) is 0 Å². The van der Waals surface area contributed by atoms with E-state index < -0.39 is 0 Å². The van der Waals surface area contributed by atoms with Crippen LogP contribution >= 0.6 is 0 Å². The fourth-order valence-corrected chi connectivity index (χ4v) is 2.99. The molecular weight excluding hydrogens is 272 g/mol. The lowest BCUT2D eigenvalue weighted by atomic mass is 10.1. The molecule has 1 aromatic carbocycles. The molecule has 0 unspecified atom stereocenters. The van der Waals surface area contributed by atoms with Crippen LogP contribution in [-0.2, 0) is 4.79 Å². The summed E-state index contributed by atoms with van der Waals surface area (Å²) in [6, 6.07) is 18.3. The Morgan fingerprint density at radius 3 is 2.50 bits per heavy atom. The van der Waals surface area contributed by atoms with Crippen molar-refractivity contribution in [2.24, 2.45) is 0 Å². The third-order valence-electron chi connectivity index (χ3n) is 3.92. The predicted molar refractivity (Wildman–Crippen MR) is 90.1 cm³/mol. The summed E-state index contributed by atoms with van der Waals surface area (Å²) in [5.74, 6) is 0.0268. The molecular formula is C20H14O2. The molecule has 0 N–H and O–H groups in total. The Hall–Kier alpha value is -2.87. The highest BCUT2D eigenvalue weighted by Gasteiger charge is 2.21. The molecule has 0 saturated heterocycles. The Morgan fingerprint density at radius 2 is 1.68 bits per heavy atom. The quantitative estimate of drug-likeness (QED) is 0.468. The van der Waals surface area contributed by atoms with Crippen LogP contribution in [0.3, 0.4) is 0 Å². The van der Waals surface area contributed by atoms with Gasteiger partial charge in [-0.3, -0.25) is 4.79 Å². The minimum Gasteiger partial charge on any atom is -0.455 e. The highest BCUT2D eigenvalue weighted by atomic mass is 16.3. The van der Waals surface area contributed by atoms with Gasteiger partial charge in [-0.2, -0.15) is 0 Å². The van der Waals surface area contributed by atoms with E-state index in [1.807, 2.05) is 42.5 Å². The van der Waals surface area contributed by atoms with Crippen molar-refractivity contribution in [2.45, 2.75) is 6.92 Å². The van der Waals surface area contributed by atoms with Crippen molar-refractivity contribution in [3.8, 4) is 11.1 Å². The number of hydrogen-bond acceptors (Lipinski definition) is 2. The summed E-state index contributed by atoms with van der Waals surface area (Å²) in [6.07, 6.45) is 3.45. The fraction of sp³-hybridized carbons (Fsp3) is 0.0500. The first-order chi connectivity index (χ1) is 10.8. The van der Waals surface area contributed by atoms with Gasteiger partial charge in [0.25, 0.3) is 0 Å². The average molecular weight is 286 g/mol. The van der Waals surface area contributed by atoms with E-state index >= 15 is 0 Å². The van der Waals surface area contributed by atoms with Crippen molar-refractivity contribution >= 4 is 33.8 Å². The lowest BCUT2D eigenvalue weighted by Gasteiger charge is -1.97. The molecule has 2 aromatic rings. The zero-order valence-corrected chi connectivity index (χ0v) is 12.2. The van der Waals surface area contributed by atoms with Gasteiger partial charge in [-0.1, -0.05) is 48.5 Å². The fourth-order valence-electron chi connectivity index (χ4n) is 2.99. The van der Waals surface area contributed by atoms with E-state index in [1.165, 1.54) is 0 Å². The zero-order valence-electron chi connectivity index (χ0n) is 12.2. The second-order valence-corrected chi connectivity index (χ2v) is 5.40. The third kappa shape index (κ3) is 1.85. The summed E-state index contributed by atoms with van der Waals surface area (Å²) in [6.45, 7) is 1.55. The first-order valence-electron chi connectivity index (χ1n) is 7.26. The summed E-state index contributed by atoms with van der Waals surface area (Å²) in [5.41, 5.74) is 4.93. The lowest BCUT2D eigenvalue weighted by Crippen LogP contribution is -1.80. The van der Waals surface area contributed by atoms with Gasteiger partial charge in [0.2, 0.25) is 0 Å². The molecule has 0 atom stereocenters. The molecule has 2 aliphatic carbocycles. The van der Waals surface area contributed by atoms with Gasteiger partial charge < -0.3 is 4.42 Å². The molecule has 0 amide bonds. The van der Waals surface area contributed by atoms with Crippen molar-refractivity contribution in [3.05, 3.63) is 66.2 Å². The maximum Gasteiger partial charge on any atom is 0.152 e. The minimum atomic E-state index is 0.0268. The summed E-state index contributed by atoms with van der Waals surface area (Å²) in [5, 5.41) is 2.22. The molecule has 0 bridgehead atoms. The van der Waals surface area contributed by atoms with Gasteiger partial charge in [-0.25, -0.2) is 0 Å². The van der Waals surface area contributed by atoms with Crippen LogP contribution in [0.5, 0.6) is 0 Å². The molecule has 4 rings (SSSR count). The predicted octanol–water partition coefficient (Wildman–Crippen LogP) is 5.29. The summed E-state index contributed by atoms with van der Waals surface area (Å²) < 4.78 is 6.07. The van der Waals surface area contributed by atoms with Crippen LogP contribution in [0.15, 0.2) is 65.1 Å². The van der Waals surface area contributed by atoms with E-state index in [-0.39, 0.29) is 5.78 Å². The normalized spacial score (nSPS) is 11.9. The first-order valence-corrected chi connectivity index (χ1v) is 7.26. The van der Waals surface area contributed by atoms with Crippen molar-refractivity contribution in [1.29, 1.82) is 0 Å². The largest absolute Gasteiger partial charge is 0.455 e. The van der Waals surface area contributed by atoms with Crippen molar-refractivity contribution in [3.63, 3.8) is 0 Å². The van der Waals surface area contributed by atoms with Gasteiger partial charge >= 0.3 is 0 Å². The molecule has 2 aliphatic rings. The second kappa shape index (κ2) is 4.85. The number of hydrogen-bond donors (Lipinski definition) is 0. The molecule has 2 nitrogen and oxygen atoms in total. The van der Waals surface area contributed by atoms with Crippen molar-refractivity contribution in [2.75, 3.05) is 0 Å². The van der Waals surface area contributed by atoms with Gasteiger partial charge in [-0.15, -0.1) is 0 Å². The molecule has 2 heteroatoms. The number of carbonyl (C=O) groups excluding carboxylic acids is 1. The van der Waals surface area contributed by atoms with Gasteiger partial charge in [0.15, 0.2) is 5.78 Å². The standard InChI is InChI=1S/C20H14O2/c1-13(21)11-12-16-14-7-3-2-4-8-15(14)19-17-9-5-6-10-18(17)22-20(16)19/h2-12H,1H3/b12-11+. The van der Waals surface area contributed by atoms with E-state index in [2.05, 4.69) is 18.2 Å². The molecule has 0 radical (unpaired) electrons. The lowest BCUT2D eigenvalue weighted by molar-refractivity contribution is -0.112. The van der Waals surface area contributed by atoms with E-state index in [9.17, 15) is 4.79 Å². The zero-order chi connectivity index (χ0) is 15.1. The van der Waals surface area contributed by atoms with Crippen LogP contribution in [0.25, 0.3) is 39.1 Å². The number of ketones is 1. The minimum absolute atomic E-state index is 0.0268. The maximum absolute atomic E-state index is 11.3.